The number of nitrogens with zero attached hydrogens (tertiary/aromatic N) is 2. The van der Waals surface area contributed by atoms with Gasteiger partial charge in [0.1, 0.15) is 17.4 Å². The number of amides is 1. The standard InChI is InChI=1S/C24H28F2N2O3/c1-27-21-14-28(13-18-19(25)9-6-10-20(18)26)15-23(21)30-12-5-4-8-17-7-2-3-11-22(17)31-16-24(27)29/h2-3,6-7,9-11,21,23H,4-5,8,12-16H2,1H3/t21-,23-/m1/s1. The van der Waals surface area contributed by atoms with E-state index in [1.54, 1.807) is 11.9 Å². The predicted molar refractivity (Wildman–Crippen MR) is 113 cm³/mol. The Morgan fingerprint density at radius 2 is 1.81 bits per heavy atom. The van der Waals surface area contributed by atoms with Gasteiger partial charge in [0, 0.05) is 38.9 Å². The summed E-state index contributed by atoms with van der Waals surface area (Å²) in [5.74, 6) is -0.519. The highest BCUT2D eigenvalue weighted by molar-refractivity contribution is 5.78. The largest absolute Gasteiger partial charge is 0.483 e. The van der Waals surface area contributed by atoms with Gasteiger partial charge in [-0.1, -0.05) is 24.3 Å². The van der Waals surface area contributed by atoms with Gasteiger partial charge in [-0.15, -0.1) is 0 Å². The smallest absolute Gasteiger partial charge is 0.260 e. The van der Waals surface area contributed by atoms with Crippen molar-refractivity contribution in [2.75, 3.05) is 33.4 Å². The lowest BCUT2D eigenvalue weighted by atomic mass is 10.1. The summed E-state index contributed by atoms with van der Waals surface area (Å²) in [5.41, 5.74) is 1.14. The number of halogens is 2. The third kappa shape index (κ3) is 5.05. The molecule has 1 amide bonds. The first-order valence-electron chi connectivity index (χ1n) is 10.8. The molecule has 2 aliphatic heterocycles. The van der Waals surface area contributed by atoms with Gasteiger partial charge in [0.25, 0.3) is 5.91 Å². The van der Waals surface area contributed by atoms with Crippen LogP contribution in [0, 0.1) is 11.6 Å². The highest BCUT2D eigenvalue weighted by Gasteiger charge is 2.38. The van der Waals surface area contributed by atoms with Crippen molar-refractivity contribution in [1.29, 1.82) is 0 Å². The number of carbonyl (C=O) groups excluding carboxylic acids is 1. The fraction of sp³-hybridized carbons (Fsp3) is 0.458. The molecule has 2 atom stereocenters. The summed E-state index contributed by atoms with van der Waals surface area (Å²) >= 11 is 0. The molecule has 7 heteroatoms. The minimum atomic E-state index is -0.556. The molecule has 5 nitrogen and oxygen atoms in total. The third-order valence-corrected chi connectivity index (χ3v) is 6.14. The maximum Gasteiger partial charge on any atom is 0.260 e. The van der Waals surface area contributed by atoms with Gasteiger partial charge < -0.3 is 14.4 Å². The Morgan fingerprint density at radius 1 is 1.03 bits per heavy atom. The fourth-order valence-corrected chi connectivity index (χ4v) is 4.33. The topological polar surface area (TPSA) is 42.0 Å². The molecule has 0 radical (unpaired) electrons. The number of aryl methyl sites for hydroxylation is 1. The molecule has 2 heterocycles. The van der Waals surface area contributed by atoms with Crippen molar-refractivity contribution in [3.63, 3.8) is 0 Å². The second-order valence-electron chi connectivity index (χ2n) is 8.23. The molecule has 0 N–H and O–H groups in total. The summed E-state index contributed by atoms with van der Waals surface area (Å²) in [6.07, 6.45) is 2.48. The molecule has 2 aromatic rings. The molecule has 0 bridgehead atoms. The van der Waals surface area contributed by atoms with E-state index in [0.29, 0.717) is 19.7 Å². The van der Waals surface area contributed by atoms with E-state index in [4.69, 9.17) is 9.47 Å². The van der Waals surface area contributed by atoms with Crippen LogP contribution >= 0.6 is 0 Å². The second kappa shape index (κ2) is 9.75. The molecule has 2 aliphatic rings. The number of fused-ring (bicyclic) bond motifs is 2. The summed E-state index contributed by atoms with van der Waals surface area (Å²) in [6.45, 7) is 1.65. The molecule has 4 rings (SSSR count). The first-order valence-corrected chi connectivity index (χ1v) is 10.8. The van der Waals surface area contributed by atoms with Crippen LogP contribution in [0.3, 0.4) is 0 Å². The summed E-state index contributed by atoms with van der Waals surface area (Å²) in [7, 11) is 1.74. The maximum atomic E-state index is 14.1. The van der Waals surface area contributed by atoms with E-state index >= 15 is 0 Å². The van der Waals surface area contributed by atoms with Gasteiger partial charge in [0.05, 0.1) is 12.1 Å². The van der Waals surface area contributed by atoms with Gasteiger partial charge >= 0.3 is 0 Å². The van der Waals surface area contributed by atoms with E-state index in [9.17, 15) is 13.6 Å². The summed E-state index contributed by atoms with van der Waals surface area (Å²) in [5, 5.41) is 0. The quantitative estimate of drug-likeness (QED) is 0.733. The van der Waals surface area contributed by atoms with Crippen molar-refractivity contribution in [1.82, 2.24) is 9.80 Å². The lowest BCUT2D eigenvalue weighted by molar-refractivity contribution is -0.136. The number of carbonyl (C=O) groups is 1. The van der Waals surface area contributed by atoms with E-state index in [1.165, 1.54) is 18.2 Å². The molecule has 166 valence electrons. The molecular weight excluding hydrogens is 402 g/mol. The fourth-order valence-electron chi connectivity index (χ4n) is 4.33. The molecule has 0 unspecified atom stereocenters. The maximum absolute atomic E-state index is 14.1. The Kier molecular flexibility index (Phi) is 6.83. The van der Waals surface area contributed by atoms with Crippen molar-refractivity contribution in [3.05, 3.63) is 65.2 Å². The summed E-state index contributed by atoms with van der Waals surface area (Å²) in [4.78, 5) is 16.5. The lowest BCUT2D eigenvalue weighted by Gasteiger charge is -2.29. The van der Waals surface area contributed by atoms with Crippen molar-refractivity contribution in [3.8, 4) is 5.75 Å². The zero-order chi connectivity index (χ0) is 21.8. The molecule has 2 aromatic carbocycles. The van der Waals surface area contributed by atoms with E-state index in [1.807, 2.05) is 29.2 Å². The van der Waals surface area contributed by atoms with E-state index < -0.39 is 11.6 Å². The van der Waals surface area contributed by atoms with Gasteiger partial charge in [-0.25, -0.2) is 8.78 Å². The summed E-state index contributed by atoms with van der Waals surface area (Å²) < 4.78 is 40.2. The average Bonchev–Trinajstić information content (AvgIpc) is 3.17. The number of likely N-dealkylation sites (N-methyl/N-ethyl adjacent to an activating group) is 1. The Labute approximate surface area is 181 Å². The second-order valence-corrected chi connectivity index (χ2v) is 8.23. The van der Waals surface area contributed by atoms with Crippen LogP contribution in [-0.4, -0.2) is 61.2 Å². The predicted octanol–water partition coefficient (Wildman–Crippen LogP) is 3.41. The van der Waals surface area contributed by atoms with Crippen molar-refractivity contribution < 1.29 is 23.0 Å². The van der Waals surface area contributed by atoms with Gasteiger partial charge in [0.15, 0.2) is 6.61 Å². The van der Waals surface area contributed by atoms with Gasteiger partial charge in [-0.3, -0.25) is 9.69 Å². The van der Waals surface area contributed by atoms with Crippen LogP contribution in [0.15, 0.2) is 42.5 Å². The van der Waals surface area contributed by atoms with Crippen molar-refractivity contribution in [2.24, 2.45) is 0 Å². The molecule has 0 saturated carbocycles. The summed E-state index contributed by atoms with van der Waals surface area (Å²) in [6, 6.07) is 11.5. The normalized spacial score (nSPS) is 23.2. The molecule has 1 fully saturated rings. The van der Waals surface area contributed by atoms with Gasteiger partial charge in [0.2, 0.25) is 0 Å². The van der Waals surface area contributed by atoms with E-state index in [0.717, 1.165) is 30.6 Å². The lowest BCUT2D eigenvalue weighted by Crippen LogP contribution is -2.47. The molecule has 0 aliphatic carbocycles. The van der Waals surface area contributed by atoms with Crippen molar-refractivity contribution in [2.45, 2.75) is 38.0 Å². The van der Waals surface area contributed by atoms with Crippen molar-refractivity contribution >= 4 is 5.91 Å². The van der Waals surface area contributed by atoms with Crippen LogP contribution in [0.5, 0.6) is 5.75 Å². The van der Waals surface area contributed by atoms with Crippen LogP contribution in [0.1, 0.15) is 24.0 Å². The number of rotatable bonds is 2. The molecular formula is C24H28F2N2O3. The van der Waals surface area contributed by atoms with Gasteiger partial charge in [-0.05, 0) is 43.0 Å². The van der Waals surface area contributed by atoms with Crippen LogP contribution in [0.2, 0.25) is 0 Å². The average molecular weight is 430 g/mol. The highest BCUT2D eigenvalue weighted by atomic mass is 19.1. The van der Waals surface area contributed by atoms with E-state index in [2.05, 4.69) is 0 Å². The Bertz CT molecular complexity index is 903. The molecule has 0 spiro atoms. The zero-order valence-electron chi connectivity index (χ0n) is 17.7. The Hall–Kier alpha value is -2.51. The molecule has 0 aromatic heterocycles. The number of likely N-dealkylation sites (tertiary alicyclic amines) is 1. The minimum absolute atomic E-state index is 0.0465. The first kappa shape index (κ1) is 21.7. The number of hydrogen-bond donors (Lipinski definition) is 0. The zero-order valence-corrected chi connectivity index (χ0v) is 17.7. The monoisotopic (exact) mass is 430 g/mol. The number of para-hydroxylation sites is 1. The van der Waals surface area contributed by atoms with Crippen LogP contribution in [0.4, 0.5) is 8.78 Å². The number of benzene rings is 2. The SMILES string of the molecule is CN1C(=O)COc2ccccc2CCCCO[C@@H]2CN(Cc3c(F)cccc3F)C[C@H]21. The molecule has 1 saturated heterocycles. The minimum Gasteiger partial charge on any atom is -0.483 e. The Morgan fingerprint density at radius 3 is 2.61 bits per heavy atom. The van der Waals surface area contributed by atoms with Gasteiger partial charge in [-0.2, -0.15) is 0 Å². The molecule has 31 heavy (non-hydrogen) atoms. The Balaban J connectivity index is 1.49. The van der Waals surface area contributed by atoms with E-state index in [-0.39, 0.29) is 36.8 Å². The van der Waals surface area contributed by atoms with Crippen LogP contribution in [-0.2, 0) is 22.5 Å². The highest BCUT2D eigenvalue weighted by Crippen LogP contribution is 2.25. The van der Waals surface area contributed by atoms with Crippen LogP contribution < -0.4 is 4.74 Å². The number of hydrogen-bond acceptors (Lipinski definition) is 4. The first-order chi connectivity index (χ1) is 15.0. The van der Waals surface area contributed by atoms with Crippen LogP contribution in [0.25, 0.3) is 0 Å². The number of ether oxygens (including phenoxy) is 2. The third-order valence-electron chi connectivity index (χ3n) is 6.14.